The monoisotopic (exact) mass is 384 g/mol. The highest BCUT2D eigenvalue weighted by molar-refractivity contribution is 5.92. The fourth-order valence-corrected chi connectivity index (χ4v) is 4.24. The number of amides is 1. The summed E-state index contributed by atoms with van der Waals surface area (Å²) in [7, 11) is 0. The van der Waals surface area contributed by atoms with E-state index >= 15 is 0 Å². The predicted octanol–water partition coefficient (Wildman–Crippen LogP) is 1.05. The zero-order valence-electron chi connectivity index (χ0n) is 16.4. The average molecular weight is 384 g/mol. The van der Waals surface area contributed by atoms with Gasteiger partial charge in [0.25, 0.3) is 11.5 Å². The molecule has 1 aliphatic heterocycles. The van der Waals surface area contributed by atoms with E-state index < -0.39 is 0 Å². The van der Waals surface area contributed by atoms with Crippen LogP contribution in [0.5, 0.6) is 0 Å². The second-order valence-corrected chi connectivity index (χ2v) is 7.86. The van der Waals surface area contributed by atoms with Crippen LogP contribution in [0.4, 0.5) is 0 Å². The first-order valence-corrected chi connectivity index (χ1v) is 10.2. The Bertz CT molecular complexity index is 902. The van der Waals surface area contributed by atoms with Crippen LogP contribution in [0.15, 0.2) is 16.9 Å². The quantitative estimate of drug-likeness (QED) is 0.776. The standard InChI is InChI=1S/C20H28N6O2/c1-14-11-18(23-22-14)20(28)21-13-16-6-2-3-8-25(16)9-10-26-19(27)12-15-5-4-7-17(15)24-26/h11-12,16H,2-10,13H2,1H3,(H,21,28)(H,22,23). The Hall–Kier alpha value is -2.48. The lowest BCUT2D eigenvalue weighted by Crippen LogP contribution is -2.48. The Kier molecular flexibility index (Phi) is 5.57. The van der Waals surface area contributed by atoms with Crippen molar-refractivity contribution in [3.63, 3.8) is 0 Å². The molecule has 0 aromatic carbocycles. The number of fused-ring (bicyclic) bond motifs is 1. The highest BCUT2D eigenvalue weighted by atomic mass is 16.2. The molecule has 8 nitrogen and oxygen atoms in total. The van der Waals surface area contributed by atoms with Gasteiger partial charge in [-0.05, 0) is 57.2 Å². The van der Waals surface area contributed by atoms with Gasteiger partial charge in [0.05, 0.1) is 12.2 Å². The van der Waals surface area contributed by atoms with Crippen molar-refractivity contribution < 1.29 is 4.79 Å². The number of piperidine rings is 1. The Morgan fingerprint density at radius 1 is 1.25 bits per heavy atom. The van der Waals surface area contributed by atoms with Crippen LogP contribution in [0.2, 0.25) is 0 Å². The van der Waals surface area contributed by atoms with E-state index in [9.17, 15) is 9.59 Å². The van der Waals surface area contributed by atoms with Crippen molar-refractivity contribution in [1.29, 1.82) is 0 Å². The van der Waals surface area contributed by atoms with E-state index in [1.165, 1.54) is 0 Å². The van der Waals surface area contributed by atoms with Crippen LogP contribution in [0.25, 0.3) is 0 Å². The summed E-state index contributed by atoms with van der Waals surface area (Å²) in [6.07, 6.45) is 6.40. The minimum absolute atomic E-state index is 0.00332. The number of aromatic amines is 1. The first kappa shape index (κ1) is 18.9. The molecule has 28 heavy (non-hydrogen) atoms. The van der Waals surface area contributed by atoms with Crippen LogP contribution in [0.1, 0.15) is 53.1 Å². The zero-order valence-corrected chi connectivity index (χ0v) is 16.4. The maximum atomic E-state index is 12.3. The van der Waals surface area contributed by atoms with Crippen molar-refractivity contribution in [2.75, 3.05) is 19.6 Å². The lowest BCUT2D eigenvalue weighted by atomic mass is 10.0. The number of likely N-dealkylation sites (tertiary alicyclic amines) is 1. The third kappa shape index (κ3) is 4.16. The number of nitrogens with zero attached hydrogens (tertiary/aromatic N) is 4. The topological polar surface area (TPSA) is 95.9 Å². The molecular weight excluding hydrogens is 356 g/mol. The molecule has 1 fully saturated rings. The molecule has 0 radical (unpaired) electrons. The second-order valence-electron chi connectivity index (χ2n) is 7.86. The number of H-pyrrole nitrogens is 1. The third-order valence-corrected chi connectivity index (χ3v) is 5.81. The number of aryl methyl sites for hydroxylation is 3. The normalized spacial score (nSPS) is 19.5. The smallest absolute Gasteiger partial charge is 0.271 e. The summed E-state index contributed by atoms with van der Waals surface area (Å²) < 4.78 is 1.61. The molecule has 1 unspecified atom stereocenters. The van der Waals surface area contributed by atoms with Crippen molar-refractivity contribution in [1.82, 2.24) is 30.2 Å². The predicted molar refractivity (Wildman–Crippen MR) is 105 cm³/mol. The van der Waals surface area contributed by atoms with Gasteiger partial charge in [0, 0.05) is 30.9 Å². The van der Waals surface area contributed by atoms with E-state index in [1.54, 1.807) is 16.8 Å². The summed E-state index contributed by atoms with van der Waals surface area (Å²) in [5.41, 5.74) is 3.49. The van der Waals surface area contributed by atoms with Gasteiger partial charge in [-0.2, -0.15) is 10.2 Å². The van der Waals surface area contributed by atoms with E-state index in [2.05, 4.69) is 25.5 Å². The molecule has 1 amide bonds. The van der Waals surface area contributed by atoms with Gasteiger partial charge in [0.15, 0.2) is 0 Å². The Morgan fingerprint density at radius 3 is 2.96 bits per heavy atom. The largest absolute Gasteiger partial charge is 0.349 e. The Labute approximate surface area is 164 Å². The summed E-state index contributed by atoms with van der Waals surface area (Å²) in [4.78, 5) is 27.0. The zero-order chi connectivity index (χ0) is 19.5. The molecule has 2 aromatic heterocycles. The molecule has 150 valence electrons. The number of hydrogen-bond acceptors (Lipinski definition) is 5. The molecule has 0 bridgehead atoms. The Balaban J connectivity index is 1.35. The third-order valence-electron chi connectivity index (χ3n) is 5.81. The number of nitrogens with one attached hydrogen (secondary N) is 2. The molecule has 2 N–H and O–H groups in total. The Morgan fingerprint density at radius 2 is 2.14 bits per heavy atom. The number of carbonyl (C=O) groups excluding carboxylic acids is 1. The molecule has 0 spiro atoms. The molecule has 4 rings (SSSR count). The highest BCUT2D eigenvalue weighted by Gasteiger charge is 2.24. The number of rotatable bonds is 6. The molecule has 2 aliphatic rings. The van der Waals surface area contributed by atoms with Gasteiger partial charge in [-0.25, -0.2) is 4.68 Å². The second kappa shape index (κ2) is 8.26. The van der Waals surface area contributed by atoms with Crippen molar-refractivity contribution in [2.45, 2.75) is 58.0 Å². The van der Waals surface area contributed by atoms with Crippen molar-refractivity contribution in [2.24, 2.45) is 0 Å². The molecule has 8 heteroatoms. The van der Waals surface area contributed by atoms with Gasteiger partial charge in [0.2, 0.25) is 0 Å². The number of hydrogen-bond donors (Lipinski definition) is 2. The van der Waals surface area contributed by atoms with E-state index in [-0.39, 0.29) is 17.5 Å². The van der Waals surface area contributed by atoms with Crippen LogP contribution >= 0.6 is 0 Å². The van der Waals surface area contributed by atoms with Crippen molar-refractivity contribution in [3.05, 3.63) is 45.1 Å². The van der Waals surface area contributed by atoms with Crippen molar-refractivity contribution in [3.8, 4) is 0 Å². The van der Waals surface area contributed by atoms with Gasteiger partial charge in [-0.15, -0.1) is 0 Å². The van der Waals surface area contributed by atoms with Gasteiger partial charge in [-0.3, -0.25) is 19.6 Å². The first-order chi connectivity index (χ1) is 13.6. The first-order valence-electron chi connectivity index (χ1n) is 10.2. The summed E-state index contributed by atoms with van der Waals surface area (Å²) >= 11 is 0. The molecular formula is C20H28N6O2. The van der Waals surface area contributed by atoms with Crippen LogP contribution in [-0.4, -0.2) is 56.5 Å². The molecule has 1 aliphatic carbocycles. The maximum absolute atomic E-state index is 12.3. The summed E-state index contributed by atoms with van der Waals surface area (Å²) in [5, 5.41) is 14.4. The van der Waals surface area contributed by atoms with Crippen LogP contribution in [0.3, 0.4) is 0 Å². The van der Waals surface area contributed by atoms with Crippen LogP contribution < -0.4 is 10.9 Å². The minimum atomic E-state index is -0.147. The average Bonchev–Trinajstić information content (AvgIpc) is 3.33. The van der Waals surface area contributed by atoms with Gasteiger partial charge in [-0.1, -0.05) is 6.42 Å². The lowest BCUT2D eigenvalue weighted by molar-refractivity contribution is 0.0904. The van der Waals surface area contributed by atoms with E-state index in [0.29, 0.717) is 18.8 Å². The molecule has 0 saturated carbocycles. The highest BCUT2D eigenvalue weighted by Crippen LogP contribution is 2.18. The van der Waals surface area contributed by atoms with Gasteiger partial charge < -0.3 is 5.32 Å². The fourth-order valence-electron chi connectivity index (χ4n) is 4.24. The van der Waals surface area contributed by atoms with E-state index in [1.807, 2.05) is 6.92 Å². The van der Waals surface area contributed by atoms with Gasteiger partial charge in [0.1, 0.15) is 5.69 Å². The molecule has 3 heterocycles. The van der Waals surface area contributed by atoms with Gasteiger partial charge >= 0.3 is 0 Å². The van der Waals surface area contributed by atoms with E-state index in [4.69, 9.17) is 0 Å². The van der Waals surface area contributed by atoms with E-state index in [0.717, 1.165) is 68.6 Å². The number of aromatic nitrogens is 4. The van der Waals surface area contributed by atoms with Crippen LogP contribution in [0, 0.1) is 6.92 Å². The molecule has 1 atom stereocenters. The summed E-state index contributed by atoms with van der Waals surface area (Å²) in [6.45, 7) is 4.82. The number of carbonyl (C=O) groups is 1. The molecule has 1 saturated heterocycles. The summed E-state index contributed by atoms with van der Waals surface area (Å²) in [5.74, 6) is -0.147. The summed E-state index contributed by atoms with van der Waals surface area (Å²) in [6, 6.07) is 3.79. The maximum Gasteiger partial charge on any atom is 0.271 e. The lowest BCUT2D eigenvalue weighted by Gasteiger charge is -2.35. The molecule has 2 aromatic rings. The SMILES string of the molecule is Cc1cc(C(=O)NCC2CCCCN2CCn2nc3c(cc2=O)CCC3)n[nH]1. The fraction of sp³-hybridized carbons (Fsp3) is 0.600. The van der Waals surface area contributed by atoms with Crippen molar-refractivity contribution >= 4 is 5.91 Å². The van der Waals surface area contributed by atoms with Crippen LogP contribution in [-0.2, 0) is 19.4 Å². The minimum Gasteiger partial charge on any atom is -0.349 e.